The van der Waals surface area contributed by atoms with E-state index in [0.717, 1.165) is 30.1 Å². The molecule has 0 spiro atoms. The molecule has 0 saturated carbocycles. The Hall–Kier alpha value is -3.72. The van der Waals surface area contributed by atoms with Crippen LogP contribution in [0.3, 0.4) is 0 Å². The zero-order valence-electron chi connectivity index (χ0n) is 23.3. The van der Waals surface area contributed by atoms with Crippen molar-refractivity contribution in [1.82, 2.24) is 20.2 Å². The largest absolute Gasteiger partial charge is 0.492 e. The summed E-state index contributed by atoms with van der Waals surface area (Å²) in [5, 5.41) is 2.96. The maximum absolute atomic E-state index is 13.2. The summed E-state index contributed by atoms with van der Waals surface area (Å²) in [5.74, 6) is -0.124. The van der Waals surface area contributed by atoms with Crippen LogP contribution in [0.5, 0.6) is 5.75 Å². The van der Waals surface area contributed by atoms with E-state index in [-0.39, 0.29) is 35.2 Å². The molecule has 2 aliphatic rings. The van der Waals surface area contributed by atoms with Gasteiger partial charge in [0.15, 0.2) is 9.84 Å². The fraction of sp³-hybridized carbons (Fsp3) is 0.393. The van der Waals surface area contributed by atoms with Gasteiger partial charge in [0, 0.05) is 44.8 Å². The number of rotatable bonds is 5. The van der Waals surface area contributed by atoms with E-state index in [9.17, 15) is 39.6 Å². The third kappa shape index (κ3) is 7.82. The first-order chi connectivity index (χ1) is 19.9. The minimum atomic E-state index is -4.58. The molecule has 4 heterocycles. The van der Waals surface area contributed by atoms with Gasteiger partial charge in [-0.15, -0.1) is 0 Å². The quantitative estimate of drug-likeness (QED) is 0.377. The van der Waals surface area contributed by atoms with Crippen molar-refractivity contribution in [3.05, 3.63) is 81.9 Å². The van der Waals surface area contributed by atoms with Gasteiger partial charge in [0.25, 0.3) is 5.91 Å². The van der Waals surface area contributed by atoms with Crippen molar-refractivity contribution in [2.45, 2.75) is 57.3 Å². The highest BCUT2D eigenvalue weighted by atomic mass is 32.2. The normalized spacial score (nSPS) is 14.7. The predicted molar refractivity (Wildman–Crippen MR) is 142 cm³/mol. The molecule has 5 rings (SSSR count). The smallest absolute Gasteiger partial charge is 0.433 e. The summed E-state index contributed by atoms with van der Waals surface area (Å²) in [5.41, 5.74) is 0.645. The number of fused-ring (bicyclic) bond motifs is 2. The van der Waals surface area contributed by atoms with Gasteiger partial charge in [-0.2, -0.15) is 26.3 Å². The fourth-order valence-electron chi connectivity index (χ4n) is 4.38. The van der Waals surface area contributed by atoms with Crippen LogP contribution in [-0.2, 0) is 48.4 Å². The lowest BCUT2D eigenvalue weighted by atomic mass is 10.1. The Morgan fingerprint density at radius 1 is 0.907 bits per heavy atom. The van der Waals surface area contributed by atoms with Crippen LogP contribution < -0.4 is 10.1 Å². The summed E-state index contributed by atoms with van der Waals surface area (Å²) in [6.07, 6.45) is -5.47. The molecule has 43 heavy (non-hydrogen) atoms. The number of nitrogens with zero attached hydrogens (tertiary/aromatic N) is 3. The monoisotopic (exact) mass is 630 g/mol. The Kier molecular flexibility index (Phi) is 9.07. The molecule has 0 aliphatic carbocycles. The highest BCUT2D eigenvalue weighted by molar-refractivity contribution is 7.90. The second kappa shape index (κ2) is 12.1. The lowest BCUT2D eigenvalue weighted by Gasteiger charge is -2.19. The van der Waals surface area contributed by atoms with E-state index in [0.29, 0.717) is 36.4 Å². The first-order valence-electron chi connectivity index (χ1n) is 13.0. The Morgan fingerprint density at radius 2 is 1.47 bits per heavy atom. The standard InChI is InChI=1S/C20H21F3N2O4S.C8H7F3N2/c1-12(2)11-29-17-5-4-15(30(3,27)28)7-16(17)19(26)25-9-13-6-18(20(21,22)23)24-8-14(13)10-25;9-8(10,11)7-1-5-2-12-3-6(5)4-13-7/h4-8,12H,9-11H2,1-3H3;1,4,12H,2-3H2. The van der Waals surface area contributed by atoms with Crippen LogP contribution in [0.2, 0.25) is 0 Å². The second-order valence-corrected chi connectivity index (χ2v) is 12.6. The zero-order valence-corrected chi connectivity index (χ0v) is 24.1. The van der Waals surface area contributed by atoms with Crippen molar-refractivity contribution in [1.29, 1.82) is 0 Å². The van der Waals surface area contributed by atoms with Gasteiger partial charge in [-0.1, -0.05) is 13.8 Å². The van der Waals surface area contributed by atoms with Crippen molar-refractivity contribution in [2.24, 2.45) is 5.92 Å². The molecule has 232 valence electrons. The van der Waals surface area contributed by atoms with Crippen molar-refractivity contribution >= 4 is 15.7 Å². The molecule has 2 aliphatic heterocycles. The summed E-state index contributed by atoms with van der Waals surface area (Å²) >= 11 is 0. The van der Waals surface area contributed by atoms with Gasteiger partial charge >= 0.3 is 12.4 Å². The number of benzene rings is 1. The number of hydrogen-bond acceptors (Lipinski definition) is 7. The molecule has 0 saturated heterocycles. The van der Waals surface area contributed by atoms with Crippen LogP contribution in [0, 0.1) is 5.92 Å². The molecule has 0 fully saturated rings. The van der Waals surface area contributed by atoms with Gasteiger partial charge in [0.1, 0.15) is 17.1 Å². The van der Waals surface area contributed by atoms with Crippen LogP contribution in [-0.4, -0.2) is 42.1 Å². The van der Waals surface area contributed by atoms with E-state index in [4.69, 9.17) is 4.74 Å². The summed E-state index contributed by atoms with van der Waals surface area (Å²) in [7, 11) is -3.57. The van der Waals surface area contributed by atoms with Crippen LogP contribution in [0.1, 0.15) is 57.8 Å². The van der Waals surface area contributed by atoms with Crippen LogP contribution >= 0.6 is 0 Å². The Labute approximate surface area is 244 Å². The summed E-state index contributed by atoms with van der Waals surface area (Å²) in [6.45, 7) is 5.32. The van der Waals surface area contributed by atoms with E-state index in [2.05, 4.69) is 15.3 Å². The van der Waals surface area contributed by atoms with Gasteiger partial charge < -0.3 is 15.0 Å². The van der Waals surface area contributed by atoms with Crippen LogP contribution in [0.25, 0.3) is 0 Å². The number of ether oxygens (including phenoxy) is 1. The molecule has 15 heteroatoms. The summed E-state index contributed by atoms with van der Waals surface area (Å²) < 4.78 is 105. The molecule has 3 aromatic rings. The number of alkyl halides is 6. The molecular formula is C28H28F6N4O4S. The van der Waals surface area contributed by atoms with E-state index in [1.54, 1.807) is 0 Å². The minimum Gasteiger partial charge on any atom is -0.492 e. The molecule has 8 nitrogen and oxygen atoms in total. The van der Waals surface area contributed by atoms with E-state index < -0.39 is 39.5 Å². The number of pyridine rings is 2. The second-order valence-electron chi connectivity index (χ2n) is 10.6. The molecule has 2 aromatic heterocycles. The number of sulfone groups is 1. The summed E-state index contributed by atoms with van der Waals surface area (Å²) in [4.78, 5) is 21.2. The number of aromatic nitrogens is 2. The van der Waals surface area contributed by atoms with Crippen LogP contribution in [0.15, 0.2) is 47.6 Å². The SMILES string of the molecule is CC(C)COc1ccc(S(C)(=O)=O)cc1C(=O)N1Cc2cnc(C(F)(F)F)cc2C1.FC(F)(F)c1cc2c(cn1)CNC2. The molecule has 0 atom stereocenters. The third-order valence-corrected chi connectivity index (χ3v) is 7.68. The topological polar surface area (TPSA) is 101 Å². The molecule has 1 aromatic carbocycles. The number of halogens is 6. The average Bonchev–Trinajstić information content (AvgIpc) is 3.56. The molecule has 0 unspecified atom stereocenters. The predicted octanol–water partition coefficient (Wildman–Crippen LogP) is 5.40. The number of hydrogen-bond donors (Lipinski definition) is 1. The first kappa shape index (κ1) is 32.2. The van der Waals surface area contributed by atoms with Crippen molar-refractivity contribution in [3.63, 3.8) is 0 Å². The Morgan fingerprint density at radius 3 is 2.05 bits per heavy atom. The lowest BCUT2D eigenvalue weighted by Crippen LogP contribution is -2.26. The molecule has 1 amide bonds. The molecular weight excluding hydrogens is 602 g/mol. The molecule has 0 radical (unpaired) electrons. The van der Waals surface area contributed by atoms with Crippen molar-refractivity contribution in [3.8, 4) is 5.75 Å². The zero-order chi connectivity index (χ0) is 31.7. The molecule has 1 N–H and O–H groups in total. The highest BCUT2D eigenvalue weighted by Gasteiger charge is 2.35. The van der Waals surface area contributed by atoms with E-state index >= 15 is 0 Å². The lowest BCUT2D eigenvalue weighted by molar-refractivity contribution is -0.142. The first-order valence-corrected chi connectivity index (χ1v) is 14.9. The van der Waals surface area contributed by atoms with Gasteiger partial charge in [0.05, 0.1) is 17.1 Å². The maximum Gasteiger partial charge on any atom is 0.433 e. The van der Waals surface area contributed by atoms with Gasteiger partial charge in [-0.3, -0.25) is 14.8 Å². The highest BCUT2D eigenvalue weighted by Crippen LogP contribution is 2.33. The van der Waals surface area contributed by atoms with Gasteiger partial charge in [-0.25, -0.2) is 8.42 Å². The number of nitrogens with one attached hydrogen (secondary N) is 1. The van der Waals surface area contributed by atoms with Gasteiger partial charge in [-0.05, 0) is 58.5 Å². The number of amides is 1. The van der Waals surface area contributed by atoms with Crippen molar-refractivity contribution in [2.75, 3.05) is 12.9 Å². The van der Waals surface area contributed by atoms with Crippen LogP contribution in [0.4, 0.5) is 26.3 Å². The van der Waals surface area contributed by atoms with Crippen molar-refractivity contribution < 1.29 is 44.3 Å². The maximum atomic E-state index is 13.2. The third-order valence-electron chi connectivity index (χ3n) is 6.57. The fourth-order valence-corrected chi connectivity index (χ4v) is 5.02. The Balaban J connectivity index is 0.000000269. The minimum absolute atomic E-state index is 0.0352. The van der Waals surface area contributed by atoms with E-state index in [1.807, 2.05) is 13.8 Å². The number of carbonyl (C=O) groups excluding carboxylic acids is 1. The van der Waals surface area contributed by atoms with Gasteiger partial charge in [0.2, 0.25) is 0 Å². The summed E-state index contributed by atoms with van der Waals surface area (Å²) in [6, 6.07) is 6.08. The average molecular weight is 631 g/mol. The molecule has 0 bridgehead atoms. The van der Waals surface area contributed by atoms with E-state index in [1.165, 1.54) is 29.3 Å². The Bertz CT molecular complexity index is 1620. The number of carbonyl (C=O) groups is 1.